The van der Waals surface area contributed by atoms with Crippen LogP contribution in [0.4, 0.5) is 5.69 Å². The lowest BCUT2D eigenvalue weighted by Gasteiger charge is -2.36. The third-order valence-electron chi connectivity index (χ3n) is 4.69. The normalized spacial score (nSPS) is 17.0. The summed E-state index contributed by atoms with van der Waals surface area (Å²) < 4.78 is 25.8. The summed E-state index contributed by atoms with van der Waals surface area (Å²) in [7, 11) is -3.70. The second-order valence-corrected chi connectivity index (χ2v) is 8.94. The number of primary amides is 1. The van der Waals surface area contributed by atoms with Gasteiger partial charge in [0.2, 0.25) is 21.8 Å². The molecule has 0 radical (unpaired) electrons. The van der Waals surface area contributed by atoms with Crippen molar-refractivity contribution in [2.24, 2.45) is 11.7 Å². The molecule has 2 amide bonds. The molecule has 1 atom stereocenters. The SMILES string of the molecule is Cc1ccc(N([C@@H](C)C(=O)N2CCC(C(N)=O)CC2)S(C)(=O)=O)cc1Cl. The number of piperidine rings is 1. The molecule has 1 fully saturated rings. The van der Waals surface area contributed by atoms with Crippen LogP contribution in [-0.2, 0) is 19.6 Å². The number of carbonyl (C=O) groups is 2. The van der Waals surface area contributed by atoms with E-state index < -0.39 is 16.1 Å². The molecule has 0 spiro atoms. The number of carbonyl (C=O) groups excluding carboxylic acids is 2. The molecule has 2 rings (SSSR count). The number of likely N-dealkylation sites (tertiary alicyclic amines) is 1. The largest absolute Gasteiger partial charge is 0.369 e. The molecule has 7 nitrogen and oxygen atoms in total. The van der Waals surface area contributed by atoms with Gasteiger partial charge in [-0.15, -0.1) is 0 Å². The quantitative estimate of drug-likeness (QED) is 0.808. The minimum Gasteiger partial charge on any atom is -0.369 e. The molecule has 1 aromatic rings. The minimum absolute atomic E-state index is 0.240. The summed E-state index contributed by atoms with van der Waals surface area (Å²) in [5, 5.41) is 0.429. The lowest BCUT2D eigenvalue weighted by Crippen LogP contribution is -2.52. The van der Waals surface area contributed by atoms with Gasteiger partial charge < -0.3 is 10.6 Å². The average molecular weight is 402 g/mol. The lowest BCUT2D eigenvalue weighted by atomic mass is 9.96. The number of sulfonamides is 1. The third kappa shape index (κ3) is 4.48. The van der Waals surface area contributed by atoms with E-state index in [1.165, 1.54) is 0 Å². The summed E-state index contributed by atoms with van der Waals surface area (Å²) in [5.41, 5.74) is 6.47. The van der Waals surface area contributed by atoms with Gasteiger partial charge in [-0.1, -0.05) is 17.7 Å². The number of aryl methyl sites for hydroxylation is 1. The molecule has 0 unspecified atom stereocenters. The molecule has 2 N–H and O–H groups in total. The maximum atomic E-state index is 12.9. The van der Waals surface area contributed by atoms with Crippen LogP contribution in [0.25, 0.3) is 0 Å². The van der Waals surface area contributed by atoms with Gasteiger partial charge in [0, 0.05) is 24.0 Å². The zero-order valence-corrected chi connectivity index (χ0v) is 16.7. The first kappa shape index (κ1) is 20.5. The molecule has 0 bridgehead atoms. The van der Waals surface area contributed by atoms with Gasteiger partial charge in [-0.2, -0.15) is 0 Å². The molecule has 0 saturated carbocycles. The number of nitrogens with two attached hydrogens (primary N) is 1. The smallest absolute Gasteiger partial charge is 0.246 e. The Balaban J connectivity index is 2.24. The topological polar surface area (TPSA) is 101 Å². The Bertz CT molecular complexity index is 804. The van der Waals surface area contributed by atoms with Gasteiger partial charge in [0.15, 0.2) is 0 Å². The monoisotopic (exact) mass is 401 g/mol. The molecule has 1 aliphatic heterocycles. The molecular formula is C17H24ClN3O4S. The van der Waals surface area contributed by atoms with E-state index in [0.717, 1.165) is 16.1 Å². The van der Waals surface area contributed by atoms with E-state index in [1.807, 2.05) is 6.92 Å². The van der Waals surface area contributed by atoms with Crippen LogP contribution in [0.15, 0.2) is 18.2 Å². The number of hydrogen-bond donors (Lipinski definition) is 1. The van der Waals surface area contributed by atoms with Crippen LogP contribution in [0.1, 0.15) is 25.3 Å². The minimum atomic E-state index is -3.70. The summed E-state index contributed by atoms with van der Waals surface area (Å²) in [6.07, 6.45) is 2.04. The Labute approximate surface area is 159 Å². The standard InChI is InChI=1S/C17H24ClN3O4S/c1-11-4-5-14(10-15(11)18)21(26(3,24)25)12(2)17(23)20-8-6-13(7-9-20)16(19)22/h4-5,10,12-13H,6-9H2,1-3H3,(H2,19,22)/t12-/m0/s1. The fourth-order valence-corrected chi connectivity index (χ4v) is 4.51. The van der Waals surface area contributed by atoms with E-state index in [4.69, 9.17) is 17.3 Å². The predicted octanol–water partition coefficient (Wildman–Crippen LogP) is 1.53. The number of benzene rings is 1. The number of amides is 2. The van der Waals surface area contributed by atoms with Crippen molar-refractivity contribution in [1.82, 2.24) is 4.90 Å². The molecule has 0 aliphatic carbocycles. The van der Waals surface area contributed by atoms with Gasteiger partial charge in [0.05, 0.1) is 11.9 Å². The first-order chi connectivity index (χ1) is 12.0. The van der Waals surface area contributed by atoms with Crippen LogP contribution >= 0.6 is 11.6 Å². The molecule has 1 aromatic carbocycles. The fraction of sp³-hybridized carbons (Fsp3) is 0.529. The number of hydrogen-bond acceptors (Lipinski definition) is 4. The van der Waals surface area contributed by atoms with Crippen LogP contribution in [-0.4, -0.2) is 50.5 Å². The molecule has 1 heterocycles. The van der Waals surface area contributed by atoms with Crippen LogP contribution < -0.4 is 10.0 Å². The Hall–Kier alpha value is -1.80. The van der Waals surface area contributed by atoms with Crippen molar-refractivity contribution in [3.63, 3.8) is 0 Å². The molecule has 1 aliphatic rings. The van der Waals surface area contributed by atoms with Crippen LogP contribution in [0.5, 0.6) is 0 Å². The van der Waals surface area contributed by atoms with Crippen LogP contribution in [0.3, 0.4) is 0 Å². The molecule has 9 heteroatoms. The van der Waals surface area contributed by atoms with E-state index in [1.54, 1.807) is 30.0 Å². The number of anilines is 1. The Morgan fingerprint density at radius 1 is 1.31 bits per heavy atom. The fourth-order valence-electron chi connectivity index (χ4n) is 3.17. The molecule has 26 heavy (non-hydrogen) atoms. The summed E-state index contributed by atoms with van der Waals surface area (Å²) >= 11 is 6.13. The van der Waals surface area contributed by atoms with E-state index in [2.05, 4.69) is 0 Å². The first-order valence-electron chi connectivity index (χ1n) is 8.36. The van der Waals surface area contributed by atoms with E-state index >= 15 is 0 Å². The van der Waals surface area contributed by atoms with Crippen LogP contribution in [0, 0.1) is 12.8 Å². The highest BCUT2D eigenvalue weighted by molar-refractivity contribution is 7.92. The second kappa shape index (κ2) is 7.84. The van der Waals surface area contributed by atoms with Crippen molar-refractivity contribution in [3.8, 4) is 0 Å². The Morgan fingerprint density at radius 3 is 2.35 bits per heavy atom. The highest BCUT2D eigenvalue weighted by atomic mass is 35.5. The maximum Gasteiger partial charge on any atom is 0.246 e. The zero-order chi connectivity index (χ0) is 19.6. The predicted molar refractivity (Wildman–Crippen MR) is 101 cm³/mol. The number of halogens is 1. The van der Waals surface area contributed by atoms with Gasteiger partial charge in [0.1, 0.15) is 6.04 Å². The van der Waals surface area contributed by atoms with E-state index in [0.29, 0.717) is 36.6 Å². The summed E-state index contributed by atoms with van der Waals surface area (Å²) in [5.74, 6) is -0.913. The highest BCUT2D eigenvalue weighted by Gasteiger charge is 2.34. The third-order valence-corrected chi connectivity index (χ3v) is 6.33. The van der Waals surface area contributed by atoms with Gasteiger partial charge in [-0.25, -0.2) is 8.42 Å². The van der Waals surface area contributed by atoms with E-state index in [9.17, 15) is 18.0 Å². The average Bonchev–Trinajstić information content (AvgIpc) is 2.56. The first-order valence-corrected chi connectivity index (χ1v) is 10.6. The molecular weight excluding hydrogens is 378 g/mol. The van der Waals surface area contributed by atoms with Crippen molar-refractivity contribution >= 4 is 39.1 Å². The molecule has 0 aromatic heterocycles. The lowest BCUT2D eigenvalue weighted by molar-refractivity contribution is -0.135. The molecule has 144 valence electrons. The van der Waals surface area contributed by atoms with E-state index in [-0.39, 0.29) is 17.7 Å². The second-order valence-electron chi connectivity index (χ2n) is 6.67. The van der Waals surface area contributed by atoms with Crippen molar-refractivity contribution in [1.29, 1.82) is 0 Å². The number of rotatable bonds is 5. The Kier molecular flexibility index (Phi) is 6.18. The van der Waals surface area contributed by atoms with Crippen LogP contribution in [0.2, 0.25) is 5.02 Å². The van der Waals surface area contributed by atoms with Crippen molar-refractivity contribution < 1.29 is 18.0 Å². The molecule has 1 saturated heterocycles. The maximum absolute atomic E-state index is 12.9. The summed E-state index contributed by atoms with van der Waals surface area (Å²) in [6.45, 7) is 4.12. The van der Waals surface area contributed by atoms with Crippen molar-refractivity contribution in [2.75, 3.05) is 23.7 Å². The van der Waals surface area contributed by atoms with Gasteiger partial charge in [0.25, 0.3) is 0 Å². The Morgan fingerprint density at radius 2 is 1.88 bits per heavy atom. The van der Waals surface area contributed by atoms with Gasteiger partial charge in [-0.3, -0.25) is 13.9 Å². The van der Waals surface area contributed by atoms with Crippen molar-refractivity contribution in [2.45, 2.75) is 32.7 Å². The highest BCUT2D eigenvalue weighted by Crippen LogP contribution is 2.28. The van der Waals surface area contributed by atoms with Crippen molar-refractivity contribution in [3.05, 3.63) is 28.8 Å². The summed E-state index contributed by atoms with van der Waals surface area (Å²) in [4.78, 5) is 25.7. The zero-order valence-electron chi connectivity index (χ0n) is 15.1. The number of nitrogens with zero attached hydrogens (tertiary/aromatic N) is 2. The van der Waals surface area contributed by atoms with Gasteiger partial charge >= 0.3 is 0 Å². The summed E-state index contributed by atoms with van der Waals surface area (Å²) in [6, 6.07) is 3.96. The van der Waals surface area contributed by atoms with Gasteiger partial charge in [-0.05, 0) is 44.4 Å².